The van der Waals surface area contributed by atoms with Gasteiger partial charge in [0.1, 0.15) is 11.1 Å². The summed E-state index contributed by atoms with van der Waals surface area (Å²) in [6.07, 6.45) is 0. The van der Waals surface area contributed by atoms with Gasteiger partial charge in [-0.05, 0) is 6.07 Å². The Hall–Kier alpha value is -2.14. The van der Waals surface area contributed by atoms with Crippen molar-refractivity contribution in [1.29, 1.82) is 0 Å². The minimum Gasteiger partial charge on any atom is -0.478 e. The summed E-state index contributed by atoms with van der Waals surface area (Å²) in [6, 6.07) is 7.52. The topological polar surface area (TPSA) is 70.2 Å². The van der Waals surface area contributed by atoms with Crippen molar-refractivity contribution in [2.45, 2.75) is 0 Å². The second-order valence-electron chi connectivity index (χ2n) is 3.66. The van der Waals surface area contributed by atoms with Gasteiger partial charge < -0.3 is 10.1 Å². The van der Waals surface area contributed by atoms with Crippen molar-refractivity contribution in [3.05, 3.63) is 45.4 Å². The molecule has 0 atom stereocenters. The number of fused-ring (bicyclic) bond motifs is 3. The number of hydrogen-bond acceptors (Lipinski definition) is 3. The molecule has 0 saturated heterocycles. The summed E-state index contributed by atoms with van der Waals surface area (Å²) >= 11 is 1.27. The fourth-order valence-corrected chi connectivity index (χ4v) is 2.86. The Balaban J connectivity index is 2.53. The number of benzene rings is 1. The van der Waals surface area contributed by atoms with Crippen LogP contribution in [0.3, 0.4) is 0 Å². The van der Waals surface area contributed by atoms with E-state index < -0.39 is 11.4 Å². The van der Waals surface area contributed by atoms with Crippen LogP contribution in [0.4, 0.5) is 0 Å². The Bertz CT molecular complexity index is 800. The monoisotopic (exact) mass is 245 g/mol. The third-order valence-corrected chi connectivity index (χ3v) is 3.67. The molecule has 0 radical (unpaired) electrons. The highest BCUT2D eigenvalue weighted by Crippen LogP contribution is 2.26. The van der Waals surface area contributed by atoms with E-state index in [1.807, 2.05) is 24.3 Å². The maximum atomic E-state index is 11.9. The van der Waals surface area contributed by atoms with E-state index in [9.17, 15) is 9.59 Å². The van der Waals surface area contributed by atoms with Crippen molar-refractivity contribution >= 4 is 38.4 Å². The summed E-state index contributed by atoms with van der Waals surface area (Å²) in [5.74, 6) is -1.19. The molecule has 1 aromatic carbocycles. The molecule has 84 valence electrons. The number of para-hydroxylation sites is 1. The number of nitrogens with one attached hydrogen (secondary N) is 1. The molecule has 0 amide bonds. The van der Waals surface area contributed by atoms with Gasteiger partial charge in [0.05, 0.1) is 4.70 Å². The third-order valence-electron chi connectivity index (χ3n) is 2.66. The van der Waals surface area contributed by atoms with Gasteiger partial charge in [-0.2, -0.15) is 0 Å². The van der Waals surface area contributed by atoms with E-state index in [1.54, 1.807) is 0 Å². The van der Waals surface area contributed by atoms with Crippen LogP contribution in [0.15, 0.2) is 34.4 Å². The van der Waals surface area contributed by atoms with E-state index in [-0.39, 0.29) is 5.56 Å². The van der Waals surface area contributed by atoms with Gasteiger partial charge in [-0.15, -0.1) is 11.3 Å². The molecule has 0 bridgehead atoms. The molecule has 3 rings (SSSR count). The maximum absolute atomic E-state index is 11.9. The molecule has 2 N–H and O–H groups in total. The van der Waals surface area contributed by atoms with E-state index in [4.69, 9.17) is 5.11 Å². The minimum absolute atomic E-state index is 0.186. The number of aromatic amines is 1. The molecule has 0 unspecified atom stereocenters. The molecule has 0 spiro atoms. The van der Waals surface area contributed by atoms with E-state index in [0.29, 0.717) is 5.52 Å². The van der Waals surface area contributed by atoms with Crippen molar-refractivity contribution < 1.29 is 9.90 Å². The standard InChI is InChI=1S/C12H7NO3S/c14-10-7(12(15)16)5-17-11-6-3-1-2-4-8(6)13-9(10)11/h1-5,13H,(H,15,16). The number of aromatic carboxylic acids is 1. The van der Waals surface area contributed by atoms with Crippen LogP contribution in [0.25, 0.3) is 21.1 Å². The van der Waals surface area contributed by atoms with Crippen LogP contribution in [0.1, 0.15) is 10.4 Å². The normalized spacial score (nSPS) is 11.1. The first-order valence-corrected chi connectivity index (χ1v) is 5.82. The molecule has 17 heavy (non-hydrogen) atoms. The Morgan fingerprint density at radius 3 is 2.82 bits per heavy atom. The summed E-state index contributed by atoms with van der Waals surface area (Å²) in [6.45, 7) is 0. The molecule has 0 aliphatic rings. The second kappa shape index (κ2) is 3.43. The first-order chi connectivity index (χ1) is 8.18. The zero-order valence-corrected chi connectivity index (χ0v) is 9.38. The van der Waals surface area contributed by atoms with Gasteiger partial charge in [0.25, 0.3) is 0 Å². The van der Waals surface area contributed by atoms with E-state index in [0.717, 1.165) is 15.6 Å². The highest BCUT2D eigenvalue weighted by molar-refractivity contribution is 7.17. The summed E-state index contributed by atoms with van der Waals surface area (Å²) in [4.78, 5) is 25.8. The van der Waals surface area contributed by atoms with E-state index in [1.165, 1.54) is 16.7 Å². The summed E-state index contributed by atoms with van der Waals surface area (Å²) in [7, 11) is 0. The van der Waals surface area contributed by atoms with Crippen LogP contribution in [-0.2, 0) is 0 Å². The SMILES string of the molecule is O=C(O)c1csc2c([nH]c3ccccc32)c1=O. The molecule has 0 saturated carbocycles. The van der Waals surface area contributed by atoms with Crippen LogP contribution < -0.4 is 5.43 Å². The molecular weight excluding hydrogens is 238 g/mol. The number of carbonyl (C=O) groups is 1. The smallest absolute Gasteiger partial charge is 0.340 e. The van der Waals surface area contributed by atoms with Crippen molar-refractivity contribution in [3.63, 3.8) is 0 Å². The lowest BCUT2D eigenvalue weighted by Gasteiger charge is -1.92. The number of H-pyrrole nitrogens is 1. The molecule has 0 fully saturated rings. The quantitative estimate of drug-likeness (QED) is 0.691. The van der Waals surface area contributed by atoms with E-state index >= 15 is 0 Å². The third kappa shape index (κ3) is 1.36. The number of carboxylic acid groups (broad SMARTS) is 1. The minimum atomic E-state index is -1.19. The van der Waals surface area contributed by atoms with Crippen LogP contribution >= 0.6 is 11.3 Å². The maximum Gasteiger partial charge on any atom is 0.340 e. The lowest BCUT2D eigenvalue weighted by atomic mass is 10.2. The highest BCUT2D eigenvalue weighted by atomic mass is 32.1. The Labute approximate surface area is 99.1 Å². The molecular formula is C12H7NO3S. The Morgan fingerprint density at radius 1 is 1.29 bits per heavy atom. The molecule has 2 heterocycles. The van der Waals surface area contributed by atoms with Crippen molar-refractivity contribution in [2.24, 2.45) is 0 Å². The Morgan fingerprint density at radius 2 is 2.06 bits per heavy atom. The predicted molar refractivity (Wildman–Crippen MR) is 66.9 cm³/mol. The van der Waals surface area contributed by atoms with Crippen LogP contribution in [0.2, 0.25) is 0 Å². The molecule has 5 heteroatoms. The first kappa shape index (κ1) is 10.0. The lowest BCUT2D eigenvalue weighted by Crippen LogP contribution is -2.13. The van der Waals surface area contributed by atoms with Gasteiger partial charge in [0, 0.05) is 16.3 Å². The van der Waals surface area contributed by atoms with E-state index in [2.05, 4.69) is 4.98 Å². The lowest BCUT2D eigenvalue weighted by molar-refractivity contribution is 0.0696. The van der Waals surface area contributed by atoms with Gasteiger partial charge in [-0.1, -0.05) is 18.2 Å². The molecule has 3 aromatic rings. The Kier molecular flexibility index (Phi) is 2.02. The summed E-state index contributed by atoms with van der Waals surface area (Å²) in [5, 5.41) is 11.2. The average molecular weight is 245 g/mol. The van der Waals surface area contributed by atoms with Crippen LogP contribution in [0, 0.1) is 0 Å². The summed E-state index contributed by atoms with van der Waals surface area (Å²) in [5.41, 5.74) is 0.575. The van der Waals surface area contributed by atoms with Gasteiger partial charge in [0.2, 0.25) is 5.43 Å². The average Bonchev–Trinajstić information content (AvgIpc) is 2.69. The molecule has 2 aromatic heterocycles. The number of aromatic nitrogens is 1. The molecule has 0 aliphatic heterocycles. The fourth-order valence-electron chi connectivity index (χ4n) is 1.85. The predicted octanol–water partition coefficient (Wildman–Crippen LogP) is 2.44. The summed E-state index contributed by atoms with van der Waals surface area (Å²) < 4.78 is 0.801. The molecule has 4 nitrogen and oxygen atoms in total. The van der Waals surface area contributed by atoms with Gasteiger partial charge in [-0.25, -0.2) is 4.79 Å². The van der Waals surface area contributed by atoms with Crippen molar-refractivity contribution in [3.8, 4) is 0 Å². The number of carboxylic acids is 1. The highest BCUT2D eigenvalue weighted by Gasteiger charge is 2.14. The van der Waals surface area contributed by atoms with Crippen molar-refractivity contribution in [2.75, 3.05) is 0 Å². The van der Waals surface area contributed by atoms with Crippen molar-refractivity contribution in [1.82, 2.24) is 4.98 Å². The number of rotatable bonds is 1. The molecule has 0 aliphatic carbocycles. The van der Waals surface area contributed by atoms with Crippen LogP contribution in [0.5, 0.6) is 0 Å². The largest absolute Gasteiger partial charge is 0.478 e. The van der Waals surface area contributed by atoms with Gasteiger partial charge >= 0.3 is 5.97 Å². The van der Waals surface area contributed by atoms with Gasteiger partial charge in [-0.3, -0.25) is 4.79 Å². The van der Waals surface area contributed by atoms with Crippen LogP contribution in [-0.4, -0.2) is 16.1 Å². The first-order valence-electron chi connectivity index (χ1n) is 4.94. The van der Waals surface area contributed by atoms with Gasteiger partial charge in [0.15, 0.2) is 0 Å². The zero-order chi connectivity index (χ0) is 12.0. The zero-order valence-electron chi connectivity index (χ0n) is 8.56. The fraction of sp³-hybridized carbons (Fsp3) is 0. The second-order valence-corrected chi connectivity index (χ2v) is 4.54. The number of hydrogen-bond donors (Lipinski definition) is 2.